The molecule has 1 fully saturated rings. The first kappa shape index (κ1) is 20.8. The molecule has 4 aromatic rings. The van der Waals surface area contributed by atoms with Gasteiger partial charge < -0.3 is 13.8 Å². The Morgan fingerprint density at radius 3 is 2.42 bits per heavy atom. The predicted molar refractivity (Wildman–Crippen MR) is 103 cm³/mol. The summed E-state index contributed by atoms with van der Waals surface area (Å²) in [6, 6.07) is 8.86. The van der Waals surface area contributed by atoms with Crippen LogP contribution in [0.2, 0.25) is 0 Å². The Morgan fingerprint density at radius 1 is 0.970 bits per heavy atom. The van der Waals surface area contributed by atoms with Crippen molar-refractivity contribution < 1.29 is 31.7 Å². The van der Waals surface area contributed by atoms with E-state index in [4.69, 9.17) is 9.26 Å². The topological polar surface area (TPSA) is 120 Å². The molecule has 0 N–H and O–H groups in total. The maximum atomic E-state index is 12.7. The molecule has 0 saturated carbocycles. The Hall–Kier alpha value is -4.13. The SMILES string of the molecule is O=C1COC[C@@H](c2nc(-c3cccnc3)no2)N1c1ccc(-c2noc(C(F)(F)F)n2)cc1. The molecule has 10 nitrogen and oxygen atoms in total. The van der Waals surface area contributed by atoms with E-state index in [1.807, 2.05) is 0 Å². The van der Waals surface area contributed by atoms with Crippen LogP contribution in [0, 0.1) is 0 Å². The third-order valence-corrected chi connectivity index (χ3v) is 4.80. The summed E-state index contributed by atoms with van der Waals surface area (Å²) >= 11 is 0. The first-order chi connectivity index (χ1) is 15.9. The van der Waals surface area contributed by atoms with Crippen LogP contribution in [0.25, 0.3) is 22.8 Å². The highest BCUT2D eigenvalue weighted by Crippen LogP contribution is 2.33. The molecular formula is C20H13F3N6O4. The number of ether oxygens (including phenoxy) is 1. The molecule has 5 rings (SSSR count). The summed E-state index contributed by atoms with van der Waals surface area (Å²) in [7, 11) is 0. The van der Waals surface area contributed by atoms with E-state index in [1.165, 1.54) is 17.0 Å². The fourth-order valence-corrected chi connectivity index (χ4v) is 3.29. The van der Waals surface area contributed by atoms with E-state index in [1.54, 1.807) is 36.7 Å². The number of morpholine rings is 1. The van der Waals surface area contributed by atoms with Crippen LogP contribution in [0.3, 0.4) is 0 Å². The van der Waals surface area contributed by atoms with Crippen molar-refractivity contribution in [1.29, 1.82) is 0 Å². The van der Waals surface area contributed by atoms with Crippen LogP contribution in [-0.4, -0.2) is 44.4 Å². The van der Waals surface area contributed by atoms with E-state index in [0.717, 1.165) is 0 Å². The van der Waals surface area contributed by atoms with Crippen molar-refractivity contribution in [2.24, 2.45) is 0 Å². The van der Waals surface area contributed by atoms with Crippen LogP contribution in [0.1, 0.15) is 17.8 Å². The average molecular weight is 458 g/mol. The Morgan fingerprint density at radius 2 is 1.73 bits per heavy atom. The second kappa shape index (κ2) is 8.09. The molecular weight excluding hydrogens is 445 g/mol. The third kappa shape index (κ3) is 4.05. The minimum absolute atomic E-state index is 0.113. The highest BCUT2D eigenvalue weighted by atomic mass is 19.4. The first-order valence-corrected chi connectivity index (χ1v) is 9.55. The van der Waals surface area contributed by atoms with Gasteiger partial charge in [0.25, 0.3) is 11.8 Å². The molecule has 0 radical (unpaired) electrons. The molecule has 3 aromatic heterocycles. The molecule has 1 aliphatic rings. The fraction of sp³-hybridized carbons (Fsp3) is 0.200. The highest BCUT2D eigenvalue weighted by molar-refractivity contribution is 5.95. The monoisotopic (exact) mass is 458 g/mol. The molecule has 1 saturated heterocycles. The Kier molecular flexibility index (Phi) is 5.09. The normalized spacial score (nSPS) is 16.9. The van der Waals surface area contributed by atoms with Crippen LogP contribution in [0.4, 0.5) is 18.9 Å². The molecule has 1 aliphatic heterocycles. The summed E-state index contributed by atoms with van der Waals surface area (Å²) in [6.07, 6.45) is -1.55. The van der Waals surface area contributed by atoms with E-state index in [9.17, 15) is 18.0 Å². The number of alkyl halides is 3. The molecule has 0 spiro atoms. The van der Waals surface area contributed by atoms with Gasteiger partial charge in [0.05, 0.1) is 6.61 Å². The molecule has 0 aliphatic carbocycles. The van der Waals surface area contributed by atoms with Crippen molar-refractivity contribution >= 4 is 11.6 Å². The lowest BCUT2D eigenvalue weighted by atomic mass is 10.1. The van der Waals surface area contributed by atoms with E-state index in [-0.39, 0.29) is 36.4 Å². The summed E-state index contributed by atoms with van der Waals surface area (Å²) < 4.78 is 53.1. The van der Waals surface area contributed by atoms with Crippen molar-refractivity contribution in [2.75, 3.05) is 18.1 Å². The number of carbonyl (C=O) groups is 1. The number of aromatic nitrogens is 5. The van der Waals surface area contributed by atoms with Crippen LogP contribution in [0.15, 0.2) is 57.8 Å². The summed E-state index contributed by atoms with van der Waals surface area (Å²) in [5.74, 6) is -1.54. The molecule has 168 valence electrons. The Balaban J connectivity index is 1.42. The second-order valence-corrected chi connectivity index (χ2v) is 6.96. The summed E-state index contributed by atoms with van der Waals surface area (Å²) in [4.78, 5) is 25.8. The number of carbonyl (C=O) groups excluding carboxylic acids is 1. The number of pyridine rings is 1. The number of hydrogen-bond acceptors (Lipinski definition) is 9. The van der Waals surface area contributed by atoms with Gasteiger partial charge in [-0.15, -0.1) is 0 Å². The number of anilines is 1. The van der Waals surface area contributed by atoms with Gasteiger partial charge in [-0.3, -0.25) is 14.7 Å². The quantitative estimate of drug-likeness (QED) is 0.453. The van der Waals surface area contributed by atoms with E-state index in [0.29, 0.717) is 17.1 Å². The van der Waals surface area contributed by atoms with Crippen LogP contribution >= 0.6 is 0 Å². The third-order valence-electron chi connectivity index (χ3n) is 4.80. The number of halogens is 3. The Bertz CT molecular complexity index is 1270. The maximum absolute atomic E-state index is 12.7. The largest absolute Gasteiger partial charge is 0.471 e. The van der Waals surface area contributed by atoms with Gasteiger partial charge in [-0.2, -0.15) is 23.1 Å². The lowest BCUT2D eigenvalue weighted by Gasteiger charge is -2.33. The summed E-state index contributed by atoms with van der Waals surface area (Å²) in [6.45, 7) is -0.0381. The highest BCUT2D eigenvalue weighted by Gasteiger charge is 2.39. The van der Waals surface area contributed by atoms with Crippen molar-refractivity contribution in [1.82, 2.24) is 25.3 Å². The van der Waals surface area contributed by atoms with Crippen molar-refractivity contribution in [3.8, 4) is 22.8 Å². The van der Waals surface area contributed by atoms with E-state index < -0.39 is 18.1 Å². The second-order valence-electron chi connectivity index (χ2n) is 6.96. The molecule has 1 aromatic carbocycles. The number of rotatable bonds is 4. The molecule has 4 heterocycles. The summed E-state index contributed by atoms with van der Waals surface area (Å²) in [5.41, 5.74) is 1.38. The Labute approximate surface area is 183 Å². The number of benzene rings is 1. The molecule has 1 atom stereocenters. The van der Waals surface area contributed by atoms with E-state index in [2.05, 4.69) is 29.8 Å². The van der Waals surface area contributed by atoms with Gasteiger partial charge >= 0.3 is 12.1 Å². The van der Waals surface area contributed by atoms with Crippen LogP contribution in [-0.2, 0) is 15.7 Å². The molecule has 33 heavy (non-hydrogen) atoms. The van der Waals surface area contributed by atoms with Gasteiger partial charge in [0, 0.05) is 29.2 Å². The van der Waals surface area contributed by atoms with Crippen molar-refractivity contribution in [2.45, 2.75) is 12.2 Å². The predicted octanol–water partition coefficient (Wildman–Crippen LogP) is 3.30. The van der Waals surface area contributed by atoms with Gasteiger partial charge in [0.15, 0.2) is 0 Å². The fourth-order valence-electron chi connectivity index (χ4n) is 3.29. The van der Waals surface area contributed by atoms with Crippen molar-refractivity contribution in [3.63, 3.8) is 0 Å². The van der Waals surface area contributed by atoms with Gasteiger partial charge in [0.1, 0.15) is 12.6 Å². The van der Waals surface area contributed by atoms with Crippen LogP contribution in [0.5, 0.6) is 0 Å². The lowest BCUT2D eigenvalue weighted by Crippen LogP contribution is -2.44. The number of hydrogen-bond donors (Lipinski definition) is 0. The number of amides is 1. The molecule has 13 heteroatoms. The van der Waals surface area contributed by atoms with Gasteiger partial charge in [-0.1, -0.05) is 10.3 Å². The zero-order valence-corrected chi connectivity index (χ0v) is 16.6. The minimum Gasteiger partial charge on any atom is -0.369 e. The van der Waals surface area contributed by atoms with Gasteiger partial charge in [-0.25, -0.2) is 0 Å². The molecule has 0 unspecified atom stereocenters. The summed E-state index contributed by atoms with van der Waals surface area (Å²) in [5, 5.41) is 7.31. The first-order valence-electron chi connectivity index (χ1n) is 9.55. The average Bonchev–Trinajstić information content (AvgIpc) is 3.50. The zero-order valence-electron chi connectivity index (χ0n) is 16.6. The van der Waals surface area contributed by atoms with Crippen LogP contribution < -0.4 is 4.90 Å². The standard InChI is InChI=1S/C20H13F3N6O4/c21-20(22,23)19-26-16(28-33-19)11-3-5-13(6-4-11)29-14(9-31-10-15(29)30)18-25-17(27-32-18)12-2-1-7-24-8-12/h1-8,14H,9-10H2/t14-/m0/s1. The zero-order chi connectivity index (χ0) is 23.0. The maximum Gasteiger partial charge on any atom is 0.471 e. The minimum atomic E-state index is -4.74. The van der Waals surface area contributed by atoms with Crippen molar-refractivity contribution in [3.05, 3.63) is 60.6 Å². The molecule has 0 bridgehead atoms. The van der Waals surface area contributed by atoms with Gasteiger partial charge in [-0.05, 0) is 36.4 Å². The van der Waals surface area contributed by atoms with Gasteiger partial charge in [0.2, 0.25) is 11.6 Å². The smallest absolute Gasteiger partial charge is 0.369 e. The van der Waals surface area contributed by atoms with E-state index >= 15 is 0 Å². The molecule has 1 amide bonds. The number of nitrogens with zero attached hydrogens (tertiary/aromatic N) is 6. The lowest BCUT2D eigenvalue weighted by molar-refractivity contribution is -0.159.